The fraction of sp³-hybridized carbons (Fsp3) is 0.556. The van der Waals surface area contributed by atoms with E-state index in [0.717, 1.165) is 22.6 Å². The van der Waals surface area contributed by atoms with Crippen molar-refractivity contribution in [1.82, 2.24) is 4.98 Å². The van der Waals surface area contributed by atoms with Gasteiger partial charge in [-0.25, -0.2) is 4.98 Å². The van der Waals surface area contributed by atoms with Gasteiger partial charge in [-0.15, -0.1) is 11.3 Å². The highest BCUT2D eigenvalue weighted by Gasteiger charge is 2.34. The van der Waals surface area contributed by atoms with E-state index in [1.54, 1.807) is 0 Å². The second kappa shape index (κ2) is 3.98. The number of thiazole rings is 1. The van der Waals surface area contributed by atoms with Crippen LogP contribution in [0, 0.1) is 0 Å². The quantitative estimate of drug-likeness (QED) is 0.849. The molecule has 1 heterocycles. The lowest BCUT2D eigenvalue weighted by Gasteiger charge is -2.17. The largest absolute Gasteiger partial charge is 0.285 e. The average molecular weight is 275 g/mol. The Morgan fingerprint density at radius 3 is 2.93 bits per heavy atom. The SMILES string of the molecule is CCC(=O)N(c1nc(Br)cs1)C1CC1. The molecule has 0 unspecified atom stereocenters. The molecule has 0 saturated heterocycles. The minimum Gasteiger partial charge on any atom is -0.285 e. The highest BCUT2D eigenvalue weighted by atomic mass is 79.9. The van der Waals surface area contributed by atoms with Crippen molar-refractivity contribution >= 4 is 38.3 Å². The maximum atomic E-state index is 11.7. The van der Waals surface area contributed by atoms with E-state index in [-0.39, 0.29) is 5.91 Å². The van der Waals surface area contributed by atoms with Gasteiger partial charge in [0.25, 0.3) is 0 Å². The Hall–Kier alpha value is -0.420. The summed E-state index contributed by atoms with van der Waals surface area (Å²) in [5.41, 5.74) is 0. The molecule has 0 spiro atoms. The summed E-state index contributed by atoms with van der Waals surface area (Å²) in [6, 6.07) is 0.403. The molecule has 0 bridgehead atoms. The molecule has 1 amide bonds. The molecule has 3 nitrogen and oxygen atoms in total. The first-order valence-electron chi connectivity index (χ1n) is 4.65. The lowest BCUT2D eigenvalue weighted by atomic mass is 10.4. The molecule has 1 fully saturated rings. The molecule has 1 aromatic rings. The summed E-state index contributed by atoms with van der Waals surface area (Å²) in [5.74, 6) is 0.175. The lowest BCUT2D eigenvalue weighted by molar-refractivity contribution is -0.118. The molecule has 0 radical (unpaired) electrons. The van der Waals surface area contributed by atoms with E-state index in [2.05, 4.69) is 20.9 Å². The Morgan fingerprint density at radius 1 is 1.79 bits per heavy atom. The number of rotatable bonds is 3. The van der Waals surface area contributed by atoms with Gasteiger partial charge in [-0.05, 0) is 28.8 Å². The van der Waals surface area contributed by atoms with Gasteiger partial charge in [-0.3, -0.25) is 9.69 Å². The van der Waals surface area contributed by atoms with Crippen LogP contribution in [0.1, 0.15) is 26.2 Å². The van der Waals surface area contributed by atoms with E-state index >= 15 is 0 Å². The number of halogens is 1. The van der Waals surface area contributed by atoms with Crippen LogP contribution < -0.4 is 4.90 Å². The highest BCUT2D eigenvalue weighted by Crippen LogP contribution is 2.34. The predicted molar refractivity (Wildman–Crippen MR) is 60.6 cm³/mol. The van der Waals surface area contributed by atoms with E-state index in [4.69, 9.17) is 0 Å². The zero-order chi connectivity index (χ0) is 10.1. The summed E-state index contributed by atoms with van der Waals surface area (Å²) in [6.07, 6.45) is 2.78. The summed E-state index contributed by atoms with van der Waals surface area (Å²) < 4.78 is 0.812. The van der Waals surface area contributed by atoms with Crippen LogP contribution in [-0.4, -0.2) is 16.9 Å². The van der Waals surface area contributed by atoms with Crippen molar-refractivity contribution in [3.05, 3.63) is 9.98 Å². The topological polar surface area (TPSA) is 33.2 Å². The van der Waals surface area contributed by atoms with Gasteiger partial charge in [0.2, 0.25) is 5.91 Å². The molecule has 0 aromatic carbocycles. The normalized spacial score (nSPS) is 15.6. The maximum Gasteiger partial charge on any atom is 0.228 e. The van der Waals surface area contributed by atoms with Crippen molar-refractivity contribution in [1.29, 1.82) is 0 Å². The number of carbonyl (C=O) groups is 1. The zero-order valence-corrected chi connectivity index (χ0v) is 10.3. The maximum absolute atomic E-state index is 11.7. The first kappa shape index (κ1) is 10.1. The van der Waals surface area contributed by atoms with Crippen LogP contribution in [0.25, 0.3) is 0 Å². The molecule has 5 heteroatoms. The van der Waals surface area contributed by atoms with Crippen molar-refractivity contribution in [2.75, 3.05) is 4.90 Å². The number of anilines is 1. The van der Waals surface area contributed by atoms with Crippen molar-refractivity contribution in [2.24, 2.45) is 0 Å². The Morgan fingerprint density at radius 2 is 2.50 bits per heavy atom. The van der Waals surface area contributed by atoms with Crippen LogP contribution in [0.4, 0.5) is 5.13 Å². The van der Waals surface area contributed by atoms with Crippen molar-refractivity contribution in [3.8, 4) is 0 Å². The minimum absolute atomic E-state index is 0.175. The lowest BCUT2D eigenvalue weighted by Crippen LogP contribution is -2.32. The molecular formula is C9H11BrN2OS. The van der Waals surface area contributed by atoms with Crippen LogP contribution in [0.5, 0.6) is 0 Å². The van der Waals surface area contributed by atoms with Gasteiger partial charge in [0.05, 0.1) is 0 Å². The van der Waals surface area contributed by atoms with Gasteiger partial charge >= 0.3 is 0 Å². The summed E-state index contributed by atoms with van der Waals surface area (Å²) in [7, 11) is 0. The molecule has 14 heavy (non-hydrogen) atoms. The van der Waals surface area contributed by atoms with Crippen molar-refractivity contribution in [3.63, 3.8) is 0 Å². The van der Waals surface area contributed by atoms with Gasteiger partial charge in [-0.1, -0.05) is 6.92 Å². The molecule has 1 aromatic heterocycles. The first-order valence-corrected chi connectivity index (χ1v) is 6.32. The molecule has 0 N–H and O–H groups in total. The van der Waals surface area contributed by atoms with E-state index < -0.39 is 0 Å². The minimum atomic E-state index is 0.175. The highest BCUT2D eigenvalue weighted by molar-refractivity contribution is 9.10. The number of nitrogens with zero attached hydrogens (tertiary/aromatic N) is 2. The molecule has 0 atom stereocenters. The summed E-state index contributed by atoms with van der Waals surface area (Å²) in [5, 5.41) is 2.74. The van der Waals surface area contributed by atoms with Gasteiger partial charge in [-0.2, -0.15) is 0 Å². The zero-order valence-electron chi connectivity index (χ0n) is 7.86. The van der Waals surface area contributed by atoms with Gasteiger partial charge in [0.15, 0.2) is 5.13 Å². The van der Waals surface area contributed by atoms with E-state index in [1.165, 1.54) is 11.3 Å². The fourth-order valence-corrected chi connectivity index (χ4v) is 2.66. The molecule has 0 aliphatic heterocycles. The fourth-order valence-electron chi connectivity index (χ4n) is 1.33. The van der Waals surface area contributed by atoms with Gasteiger partial charge in [0, 0.05) is 17.8 Å². The second-order valence-electron chi connectivity index (χ2n) is 3.30. The van der Waals surface area contributed by atoms with Crippen molar-refractivity contribution in [2.45, 2.75) is 32.2 Å². The molecular weight excluding hydrogens is 264 g/mol. The molecule has 2 rings (SSSR count). The first-order chi connectivity index (χ1) is 6.72. The molecule has 1 aliphatic carbocycles. The summed E-state index contributed by atoms with van der Waals surface area (Å²) >= 11 is 4.82. The standard InChI is InChI=1S/C9H11BrN2OS/c1-2-8(13)12(6-3-4-6)9-11-7(10)5-14-9/h5-6H,2-4H2,1H3. The van der Waals surface area contributed by atoms with Crippen LogP contribution >= 0.6 is 27.3 Å². The third-order valence-corrected chi connectivity index (χ3v) is 3.70. The predicted octanol–water partition coefficient (Wildman–Crippen LogP) is 2.81. The number of hydrogen-bond donors (Lipinski definition) is 0. The van der Waals surface area contributed by atoms with Crippen molar-refractivity contribution < 1.29 is 4.79 Å². The smallest absolute Gasteiger partial charge is 0.228 e. The van der Waals surface area contributed by atoms with E-state index in [0.29, 0.717) is 12.5 Å². The Balaban J connectivity index is 2.22. The number of carbonyl (C=O) groups excluding carboxylic acids is 1. The van der Waals surface area contributed by atoms with Gasteiger partial charge in [0.1, 0.15) is 4.60 Å². The Kier molecular flexibility index (Phi) is 2.88. The summed E-state index contributed by atoms with van der Waals surface area (Å²) in [6.45, 7) is 1.89. The van der Waals surface area contributed by atoms with E-state index in [1.807, 2.05) is 17.2 Å². The Labute approximate surface area is 95.3 Å². The number of hydrogen-bond acceptors (Lipinski definition) is 3. The van der Waals surface area contributed by atoms with Gasteiger partial charge < -0.3 is 0 Å². The third kappa shape index (κ3) is 1.98. The third-order valence-electron chi connectivity index (χ3n) is 2.15. The number of amides is 1. The van der Waals surface area contributed by atoms with Crippen LogP contribution in [-0.2, 0) is 4.79 Å². The average Bonchev–Trinajstić information content (AvgIpc) is 2.90. The molecule has 1 saturated carbocycles. The monoisotopic (exact) mass is 274 g/mol. The number of aromatic nitrogens is 1. The summed E-state index contributed by atoms with van der Waals surface area (Å²) in [4.78, 5) is 17.8. The molecule has 1 aliphatic rings. The molecule has 76 valence electrons. The van der Waals surface area contributed by atoms with Crippen LogP contribution in [0.3, 0.4) is 0 Å². The van der Waals surface area contributed by atoms with Crippen LogP contribution in [0.2, 0.25) is 0 Å². The second-order valence-corrected chi connectivity index (χ2v) is 4.95. The van der Waals surface area contributed by atoms with Crippen LogP contribution in [0.15, 0.2) is 9.98 Å². The Bertz CT molecular complexity index is 348. The van der Waals surface area contributed by atoms with E-state index in [9.17, 15) is 4.79 Å².